The van der Waals surface area contributed by atoms with Gasteiger partial charge in [0.1, 0.15) is 11.0 Å². The van der Waals surface area contributed by atoms with Crippen LogP contribution in [0.4, 0.5) is 0 Å². The van der Waals surface area contributed by atoms with Crippen LogP contribution in [0, 0.1) is 0 Å². The second-order valence-corrected chi connectivity index (χ2v) is 4.87. The molecule has 0 radical (unpaired) electrons. The predicted octanol–water partition coefficient (Wildman–Crippen LogP) is 3.42. The molecule has 0 amide bonds. The third kappa shape index (κ3) is 4.75. The zero-order valence-electron chi connectivity index (χ0n) is 7.87. The number of alkyl halides is 2. The van der Waals surface area contributed by atoms with Crippen LogP contribution in [0.3, 0.4) is 0 Å². The van der Waals surface area contributed by atoms with Gasteiger partial charge < -0.3 is 5.73 Å². The van der Waals surface area contributed by atoms with E-state index < -0.39 is 4.33 Å². The Balaban J connectivity index is 4.77. The first-order valence-corrected chi connectivity index (χ1v) is 5.00. The molecule has 0 aliphatic heterocycles. The standard InChI is InChI=1S/C8H13Cl3N2/c1-4-5(2)6(9)13-7(12)8(3,10)11/h4H2,1-3H3,(H2,12,13)/b6-5-. The lowest BCUT2D eigenvalue weighted by atomic mass is 10.2. The lowest BCUT2D eigenvalue weighted by Gasteiger charge is -2.11. The van der Waals surface area contributed by atoms with Crippen LogP contribution in [-0.2, 0) is 0 Å². The molecule has 0 saturated heterocycles. The van der Waals surface area contributed by atoms with Crippen LogP contribution in [0.5, 0.6) is 0 Å². The normalized spacial score (nSPS) is 15.7. The van der Waals surface area contributed by atoms with Gasteiger partial charge in [-0.05, 0) is 25.8 Å². The van der Waals surface area contributed by atoms with Crippen molar-refractivity contribution in [2.75, 3.05) is 0 Å². The van der Waals surface area contributed by atoms with Gasteiger partial charge in [0.05, 0.1) is 0 Å². The molecule has 0 unspecified atom stereocenters. The van der Waals surface area contributed by atoms with Crippen LogP contribution in [0.15, 0.2) is 15.7 Å². The fourth-order valence-corrected chi connectivity index (χ4v) is 0.754. The van der Waals surface area contributed by atoms with Gasteiger partial charge in [0, 0.05) is 0 Å². The minimum absolute atomic E-state index is 0.105. The maximum Gasteiger partial charge on any atom is 0.172 e. The summed E-state index contributed by atoms with van der Waals surface area (Å²) < 4.78 is -1.17. The number of hydrogen-bond donors (Lipinski definition) is 1. The highest BCUT2D eigenvalue weighted by molar-refractivity contribution is 6.58. The maximum absolute atomic E-state index is 5.83. The Bertz CT molecular complexity index is 238. The van der Waals surface area contributed by atoms with E-state index in [1.165, 1.54) is 0 Å². The minimum atomic E-state index is -1.17. The van der Waals surface area contributed by atoms with E-state index in [2.05, 4.69) is 4.99 Å². The molecule has 0 rings (SSSR count). The van der Waals surface area contributed by atoms with Crippen LogP contribution < -0.4 is 5.73 Å². The molecule has 0 atom stereocenters. The average Bonchev–Trinajstić information content (AvgIpc) is 2.01. The van der Waals surface area contributed by atoms with E-state index >= 15 is 0 Å². The Morgan fingerprint density at radius 3 is 2.23 bits per heavy atom. The first kappa shape index (κ1) is 13.1. The number of nitrogens with two attached hydrogens (primary N) is 1. The minimum Gasteiger partial charge on any atom is -0.385 e. The molecule has 0 saturated carbocycles. The first-order chi connectivity index (χ1) is 5.79. The average molecular weight is 244 g/mol. The largest absolute Gasteiger partial charge is 0.385 e. The summed E-state index contributed by atoms with van der Waals surface area (Å²) in [6.45, 7) is 5.39. The van der Waals surface area contributed by atoms with Crippen LogP contribution in [-0.4, -0.2) is 10.2 Å². The molecule has 0 aromatic carbocycles. The first-order valence-electron chi connectivity index (χ1n) is 3.86. The van der Waals surface area contributed by atoms with E-state index in [0.29, 0.717) is 5.16 Å². The van der Waals surface area contributed by atoms with E-state index in [9.17, 15) is 0 Å². The second kappa shape index (κ2) is 5.08. The van der Waals surface area contributed by atoms with E-state index in [1.807, 2.05) is 13.8 Å². The second-order valence-electron chi connectivity index (χ2n) is 2.81. The molecule has 76 valence electrons. The highest BCUT2D eigenvalue weighted by Crippen LogP contribution is 2.22. The van der Waals surface area contributed by atoms with Crippen LogP contribution in [0.25, 0.3) is 0 Å². The zero-order chi connectivity index (χ0) is 10.6. The molecule has 2 N–H and O–H groups in total. The molecule has 0 aliphatic rings. The topological polar surface area (TPSA) is 38.4 Å². The molecule has 0 fully saturated rings. The number of hydrogen-bond acceptors (Lipinski definition) is 1. The van der Waals surface area contributed by atoms with Crippen molar-refractivity contribution in [2.24, 2.45) is 10.7 Å². The van der Waals surface area contributed by atoms with Crippen molar-refractivity contribution in [1.29, 1.82) is 0 Å². The van der Waals surface area contributed by atoms with Crippen molar-refractivity contribution < 1.29 is 0 Å². The van der Waals surface area contributed by atoms with Crippen molar-refractivity contribution in [2.45, 2.75) is 31.5 Å². The lowest BCUT2D eigenvalue weighted by molar-refractivity contribution is 1.06. The maximum atomic E-state index is 5.83. The Labute approximate surface area is 93.7 Å². The number of amidine groups is 1. The van der Waals surface area contributed by atoms with Crippen molar-refractivity contribution in [3.05, 3.63) is 10.7 Å². The van der Waals surface area contributed by atoms with Gasteiger partial charge in [0.2, 0.25) is 0 Å². The van der Waals surface area contributed by atoms with E-state index in [1.54, 1.807) is 6.92 Å². The predicted molar refractivity (Wildman–Crippen MR) is 60.6 cm³/mol. The molecule has 0 bridgehead atoms. The molecule has 0 aliphatic carbocycles. The van der Waals surface area contributed by atoms with E-state index in [4.69, 9.17) is 40.5 Å². The highest BCUT2D eigenvalue weighted by Gasteiger charge is 2.22. The molecule has 13 heavy (non-hydrogen) atoms. The third-order valence-electron chi connectivity index (χ3n) is 1.55. The fraction of sp³-hybridized carbons (Fsp3) is 0.625. The van der Waals surface area contributed by atoms with Crippen molar-refractivity contribution in [3.63, 3.8) is 0 Å². The van der Waals surface area contributed by atoms with Crippen molar-refractivity contribution in [1.82, 2.24) is 0 Å². The van der Waals surface area contributed by atoms with Crippen LogP contribution in [0.1, 0.15) is 27.2 Å². The Morgan fingerprint density at radius 1 is 1.46 bits per heavy atom. The Morgan fingerprint density at radius 2 is 1.92 bits per heavy atom. The Hall–Kier alpha value is 0.0800. The number of halogens is 3. The van der Waals surface area contributed by atoms with Crippen molar-refractivity contribution >= 4 is 40.6 Å². The third-order valence-corrected chi connectivity index (χ3v) is 2.35. The molecule has 5 heteroatoms. The molecule has 2 nitrogen and oxygen atoms in total. The Kier molecular flexibility index (Phi) is 5.11. The number of nitrogens with zero attached hydrogens (tertiary/aromatic N) is 1. The van der Waals surface area contributed by atoms with Gasteiger partial charge in [0.15, 0.2) is 4.33 Å². The molecular formula is C8H13Cl3N2. The van der Waals surface area contributed by atoms with Gasteiger partial charge in [-0.15, -0.1) is 0 Å². The van der Waals surface area contributed by atoms with Gasteiger partial charge in [-0.2, -0.15) is 0 Å². The summed E-state index contributed by atoms with van der Waals surface area (Å²) in [5.74, 6) is 0.105. The zero-order valence-corrected chi connectivity index (χ0v) is 10.1. The number of rotatable bonds is 3. The molecule has 0 spiro atoms. The summed E-state index contributed by atoms with van der Waals surface area (Å²) in [6, 6.07) is 0. The van der Waals surface area contributed by atoms with Gasteiger partial charge in [-0.1, -0.05) is 41.7 Å². The lowest BCUT2D eigenvalue weighted by Crippen LogP contribution is -2.30. The van der Waals surface area contributed by atoms with Gasteiger partial charge in [-0.25, -0.2) is 4.99 Å². The van der Waals surface area contributed by atoms with Crippen molar-refractivity contribution in [3.8, 4) is 0 Å². The van der Waals surface area contributed by atoms with Gasteiger partial charge >= 0.3 is 0 Å². The molecule has 0 aromatic heterocycles. The number of allylic oxidation sites excluding steroid dienone is 1. The molecular weight excluding hydrogens is 230 g/mol. The van der Waals surface area contributed by atoms with Crippen LogP contribution in [0.2, 0.25) is 0 Å². The molecule has 0 heterocycles. The highest BCUT2D eigenvalue weighted by atomic mass is 35.5. The summed E-state index contributed by atoms with van der Waals surface area (Å²) in [4.78, 5) is 3.89. The summed E-state index contributed by atoms with van der Waals surface area (Å²) in [6.07, 6.45) is 0.816. The summed E-state index contributed by atoms with van der Waals surface area (Å²) in [5.41, 5.74) is 6.46. The van der Waals surface area contributed by atoms with Gasteiger partial charge in [-0.3, -0.25) is 0 Å². The van der Waals surface area contributed by atoms with Crippen LogP contribution >= 0.6 is 34.8 Å². The molecule has 0 aromatic rings. The monoisotopic (exact) mass is 242 g/mol. The smallest absolute Gasteiger partial charge is 0.172 e. The van der Waals surface area contributed by atoms with E-state index in [-0.39, 0.29) is 5.84 Å². The quantitative estimate of drug-likeness (QED) is 0.351. The summed E-state index contributed by atoms with van der Waals surface area (Å²) in [7, 11) is 0. The fourth-order valence-electron chi connectivity index (χ4n) is 0.445. The summed E-state index contributed by atoms with van der Waals surface area (Å²) in [5, 5.41) is 0.354. The summed E-state index contributed by atoms with van der Waals surface area (Å²) >= 11 is 17.2. The van der Waals surface area contributed by atoms with E-state index in [0.717, 1.165) is 12.0 Å². The number of aliphatic imine (C=N–C) groups is 1. The SMILES string of the molecule is CC/C(C)=C(Cl)\N=C(\N)C(C)(Cl)Cl. The van der Waals surface area contributed by atoms with Gasteiger partial charge in [0.25, 0.3) is 0 Å².